The second-order valence-electron chi connectivity index (χ2n) is 4.95. The van der Waals surface area contributed by atoms with E-state index in [9.17, 15) is 4.39 Å². The van der Waals surface area contributed by atoms with Crippen molar-refractivity contribution in [3.8, 4) is 5.75 Å². The van der Waals surface area contributed by atoms with E-state index in [1.54, 1.807) is 6.26 Å². The van der Waals surface area contributed by atoms with Crippen LogP contribution in [0.3, 0.4) is 0 Å². The average molecular weight is 261 g/mol. The molecule has 4 heteroatoms. The van der Waals surface area contributed by atoms with Crippen LogP contribution >= 0.6 is 0 Å². The van der Waals surface area contributed by atoms with Crippen LogP contribution in [-0.2, 0) is 0 Å². The van der Waals surface area contributed by atoms with Crippen molar-refractivity contribution in [2.45, 2.75) is 12.3 Å². The molecule has 1 fully saturated rings. The Morgan fingerprint density at radius 3 is 3.00 bits per heavy atom. The molecule has 1 aliphatic rings. The highest BCUT2D eigenvalue weighted by Crippen LogP contribution is 2.52. The van der Waals surface area contributed by atoms with Gasteiger partial charge in [-0.05, 0) is 43.0 Å². The zero-order valence-corrected chi connectivity index (χ0v) is 10.6. The van der Waals surface area contributed by atoms with Crippen molar-refractivity contribution < 1.29 is 13.5 Å². The predicted octanol–water partition coefficient (Wildman–Crippen LogP) is 3.36. The lowest BCUT2D eigenvalue weighted by atomic mass is 10.0. The first-order valence-electron chi connectivity index (χ1n) is 6.37. The molecule has 1 saturated carbocycles. The third kappa shape index (κ3) is 2.24. The van der Waals surface area contributed by atoms with Crippen LogP contribution in [0.2, 0.25) is 0 Å². The summed E-state index contributed by atoms with van der Waals surface area (Å²) in [5.41, 5.74) is 7.62. The number of fused-ring (bicyclic) bond motifs is 1. The van der Waals surface area contributed by atoms with Crippen molar-refractivity contribution in [2.24, 2.45) is 11.7 Å². The van der Waals surface area contributed by atoms with Gasteiger partial charge >= 0.3 is 0 Å². The van der Waals surface area contributed by atoms with Gasteiger partial charge in [-0.1, -0.05) is 6.58 Å². The standard InChI is InChI=1S/C15H16FNO2/c1-9(16)8-19-14-3-2-13-11(4-5-18-13)15(14)12-6-10(12)7-17/h2-5,10,12H,1,6-8,17H2/t10-,12+/m0/s1. The van der Waals surface area contributed by atoms with Gasteiger partial charge in [0.15, 0.2) is 0 Å². The summed E-state index contributed by atoms with van der Waals surface area (Å²) in [6, 6.07) is 5.60. The molecule has 0 saturated heterocycles. The van der Waals surface area contributed by atoms with Crippen molar-refractivity contribution in [1.29, 1.82) is 0 Å². The lowest BCUT2D eigenvalue weighted by Gasteiger charge is -2.11. The number of halogens is 1. The van der Waals surface area contributed by atoms with Crippen LogP contribution in [0.25, 0.3) is 11.0 Å². The summed E-state index contributed by atoms with van der Waals surface area (Å²) in [7, 11) is 0. The van der Waals surface area contributed by atoms with Crippen LogP contribution in [0.5, 0.6) is 5.75 Å². The Morgan fingerprint density at radius 2 is 2.32 bits per heavy atom. The molecule has 0 unspecified atom stereocenters. The molecule has 1 aromatic heterocycles. The van der Waals surface area contributed by atoms with Crippen molar-refractivity contribution >= 4 is 11.0 Å². The Hall–Kier alpha value is -1.81. The van der Waals surface area contributed by atoms with Crippen LogP contribution in [0.1, 0.15) is 17.9 Å². The smallest absolute Gasteiger partial charge is 0.139 e. The minimum atomic E-state index is -0.482. The van der Waals surface area contributed by atoms with E-state index in [-0.39, 0.29) is 6.61 Å². The Balaban J connectivity index is 2.00. The molecule has 0 bridgehead atoms. The van der Waals surface area contributed by atoms with Crippen LogP contribution < -0.4 is 10.5 Å². The Morgan fingerprint density at radius 1 is 1.47 bits per heavy atom. The lowest BCUT2D eigenvalue weighted by molar-refractivity contribution is 0.317. The fourth-order valence-electron chi connectivity index (χ4n) is 2.57. The SMILES string of the molecule is C=C(F)COc1ccc2occc2c1[C@@H]1C[C@H]1CN. The monoisotopic (exact) mass is 261 g/mol. The summed E-state index contributed by atoms with van der Waals surface area (Å²) in [6.45, 7) is 3.76. The highest BCUT2D eigenvalue weighted by atomic mass is 19.1. The summed E-state index contributed by atoms with van der Waals surface area (Å²) in [5.74, 6) is 1.09. The lowest BCUT2D eigenvalue weighted by Crippen LogP contribution is -2.04. The quantitative estimate of drug-likeness (QED) is 0.897. The van der Waals surface area contributed by atoms with Crippen molar-refractivity contribution in [3.05, 3.63) is 42.4 Å². The molecule has 2 atom stereocenters. The van der Waals surface area contributed by atoms with Gasteiger partial charge in [-0.2, -0.15) is 0 Å². The molecule has 0 amide bonds. The number of furan rings is 1. The second kappa shape index (κ2) is 4.70. The summed E-state index contributed by atoms with van der Waals surface area (Å²) < 4.78 is 23.7. The van der Waals surface area contributed by atoms with E-state index in [1.807, 2.05) is 18.2 Å². The van der Waals surface area contributed by atoms with E-state index in [1.165, 1.54) is 0 Å². The van der Waals surface area contributed by atoms with Gasteiger partial charge < -0.3 is 14.9 Å². The molecule has 100 valence electrons. The molecule has 0 spiro atoms. The number of benzene rings is 1. The van der Waals surface area contributed by atoms with Crippen molar-refractivity contribution in [2.75, 3.05) is 13.2 Å². The molecule has 1 heterocycles. The van der Waals surface area contributed by atoms with Crippen molar-refractivity contribution in [3.63, 3.8) is 0 Å². The van der Waals surface area contributed by atoms with E-state index in [0.717, 1.165) is 23.0 Å². The maximum Gasteiger partial charge on any atom is 0.139 e. The van der Waals surface area contributed by atoms with Crippen LogP contribution in [0.4, 0.5) is 4.39 Å². The first-order chi connectivity index (χ1) is 9.20. The van der Waals surface area contributed by atoms with Crippen LogP contribution in [0.15, 0.2) is 41.3 Å². The molecule has 3 rings (SSSR count). The van der Waals surface area contributed by atoms with E-state index in [0.29, 0.717) is 24.1 Å². The second-order valence-corrected chi connectivity index (χ2v) is 4.95. The highest BCUT2D eigenvalue weighted by molar-refractivity contribution is 5.84. The molecular formula is C15H16FNO2. The van der Waals surface area contributed by atoms with Gasteiger partial charge in [-0.15, -0.1) is 0 Å². The third-order valence-electron chi connectivity index (χ3n) is 3.62. The topological polar surface area (TPSA) is 48.4 Å². The van der Waals surface area contributed by atoms with Gasteiger partial charge in [-0.3, -0.25) is 0 Å². The molecule has 2 aromatic rings. The minimum absolute atomic E-state index is 0.115. The fraction of sp³-hybridized carbons (Fsp3) is 0.333. The number of ether oxygens (including phenoxy) is 1. The van der Waals surface area contributed by atoms with Crippen LogP contribution in [0, 0.1) is 5.92 Å². The molecule has 1 aromatic carbocycles. The van der Waals surface area contributed by atoms with Gasteiger partial charge in [0.2, 0.25) is 0 Å². The first kappa shape index (κ1) is 12.2. The van der Waals surface area contributed by atoms with Gasteiger partial charge in [-0.25, -0.2) is 4.39 Å². The van der Waals surface area contributed by atoms with E-state index < -0.39 is 5.83 Å². The third-order valence-corrected chi connectivity index (χ3v) is 3.62. The van der Waals surface area contributed by atoms with Gasteiger partial charge in [0, 0.05) is 10.9 Å². The molecule has 3 nitrogen and oxygen atoms in total. The zero-order chi connectivity index (χ0) is 13.4. The normalized spacial score (nSPS) is 21.6. The number of nitrogens with two attached hydrogens (primary N) is 1. The zero-order valence-electron chi connectivity index (χ0n) is 10.6. The fourth-order valence-corrected chi connectivity index (χ4v) is 2.57. The van der Waals surface area contributed by atoms with Crippen LogP contribution in [-0.4, -0.2) is 13.2 Å². The largest absolute Gasteiger partial charge is 0.486 e. The molecule has 0 aliphatic heterocycles. The van der Waals surface area contributed by atoms with Gasteiger partial charge in [0.1, 0.15) is 23.8 Å². The van der Waals surface area contributed by atoms with Gasteiger partial charge in [0.05, 0.1) is 6.26 Å². The van der Waals surface area contributed by atoms with E-state index in [2.05, 4.69) is 6.58 Å². The van der Waals surface area contributed by atoms with Gasteiger partial charge in [0.25, 0.3) is 0 Å². The highest BCUT2D eigenvalue weighted by Gasteiger charge is 2.40. The number of hydrogen-bond acceptors (Lipinski definition) is 3. The molecule has 19 heavy (non-hydrogen) atoms. The van der Waals surface area contributed by atoms with E-state index in [4.69, 9.17) is 14.9 Å². The number of hydrogen-bond donors (Lipinski definition) is 1. The summed E-state index contributed by atoms with van der Waals surface area (Å²) in [5, 5.41) is 1.03. The average Bonchev–Trinajstić information content (AvgIpc) is 3.02. The Labute approximate surface area is 110 Å². The Kier molecular flexibility index (Phi) is 3.03. The molecule has 0 radical (unpaired) electrons. The first-order valence-corrected chi connectivity index (χ1v) is 6.37. The molecule has 1 aliphatic carbocycles. The molecule has 2 N–H and O–H groups in total. The summed E-state index contributed by atoms with van der Waals surface area (Å²) in [6.07, 6.45) is 2.71. The molecular weight excluding hydrogens is 245 g/mol. The van der Waals surface area contributed by atoms with Crippen molar-refractivity contribution in [1.82, 2.24) is 0 Å². The maximum absolute atomic E-state index is 12.8. The van der Waals surface area contributed by atoms with E-state index >= 15 is 0 Å². The summed E-state index contributed by atoms with van der Waals surface area (Å²) in [4.78, 5) is 0. The predicted molar refractivity (Wildman–Crippen MR) is 71.9 cm³/mol. The summed E-state index contributed by atoms with van der Waals surface area (Å²) >= 11 is 0. The number of rotatable bonds is 5. The maximum atomic E-state index is 12.8. The minimum Gasteiger partial charge on any atom is -0.486 e. The Bertz CT molecular complexity index is 620.